The van der Waals surface area contributed by atoms with Gasteiger partial charge in [0.25, 0.3) is 0 Å². The van der Waals surface area contributed by atoms with E-state index in [2.05, 4.69) is 22.9 Å². The Labute approximate surface area is 204 Å². The lowest BCUT2D eigenvalue weighted by molar-refractivity contribution is -0.206. The van der Waals surface area contributed by atoms with Gasteiger partial charge in [0, 0.05) is 29.0 Å². The molecule has 0 aromatic rings. The molecular weight excluding hydrogens is 488 g/mol. The lowest BCUT2D eigenvalue weighted by Gasteiger charge is -2.62. The molecular formula is C26H37BrO6. The van der Waals surface area contributed by atoms with Crippen molar-refractivity contribution in [2.75, 3.05) is 6.61 Å². The second kappa shape index (κ2) is 8.56. The molecule has 0 unspecified atom stereocenters. The maximum absolute atomic E-state index is 13.4. The average Bonchev–Trinajstić information content (AvgIpc) is 2.96. The van der Waals surface area contributed by atoms with E-state index in [-0.39, 0.29) is 46.1 Å². The number of rotatable bonds is 5. The summed E-state index contributed by atoms with van der Waals surface area (Å²) in [6, 6.07) is 0. The van der Waals surface area contributed by atoms with E-state index in [9.17, 15) is 24.6 Å². The Morgan fingerprint density at radius 2 is 2.00 bits per heavy atom. The minimum atomic E-state index is -1.45. The number of aliphatic hydroxyl groups is 2. The number of carbonyl (C=O) groups is 3. The summed E-state index contributed by atoms with van der Waals surface area (Å²) >= 11 is 3.91. The summed E-state index contributed by atoms with van der Waals surface area (Å²) in [5.41, 5.74) is -1.39. The van der Waals surface area contributed by atoms with Crippen molar-refractivity contribution in [3.63, 3.8) is 0 Å². The number of aliphatic hydroxyl groups excluding tert-OH is 2. The van der Waals surface area contributed by atoms with Gasteiger partial charge in [-0.25, -0.2) is 0 Å². The van der Waals surface area contributed by atoms with Crippen LogP contribution in [0.3, 0.4) is 0 Å². The molecule has 4 rings (SSSR count). The monoisotopic (exact) mass is 524 g/mol. The Kier molecular flexibility index (Phi) is 6.50. The Morgan fingerprint density at radius 1 is 1.30 bits per heavy atom. The smallest absolute Gasteiger partial charge is 0.306 e. The largest absolute Gasteiger partial charge is 0.450 e. The summed E-state index contributed by atoms with van der Waals surface area (Å²) in [6.45, 7) is 7.29. The Bertz CT molecular complexity index is 884. The first-order valence-electron chi connectivity index (χ1n) is 12.4. The number of ketones is 2. The second-order valence-corrected chi connectivity index (χ2v) is 12.5. The molecule has 4 aliphatic carbocycles. The summed E-state index contributed by atoms with van der Waals surface area (Å²) < 4.78 is 6.06. The van der Waals surface area contributed by atoms with Crippen LogP contribution in [0.2, 0.25) is 0 Å². The van der Waals surface area contributed by atoms with E-state index in [0.717, 1.165) is 18.4 Å². The molecule has 0 saturated heterocycles. The number of carbonyl (C=O) groups excluding carboxylic acids is 3. The quantitative estimate of drug-likeness (QED) is 0.419. The highest BCUT2D eigenvalue weighted by molar-refractivity contribution is 9.09. The summed E-state index contributed by atoms with van der Waals surface area (Å²) in [7, 11) is 0. The van der Waals surface area contributed by atoms with Crippen LogP contribution in [0, 0.1) is 34.5 Å². The van der Waals surface area contributed by atoms with Crippen LogP contribution in [0.5, 0.6) is 0 Å². The third-order valence-electron chi connectivity index (χ3n) is 9.71. The maximum Gasteiger partial charge on any atom is 0.306 e. The zero-order chi connectivity index (χ0) is 24.3. The number of esters is 1. The van der Waals surface area contributed by atoms with E-state index in [0.29, 0.717) is 25.7 Å². The second-order valence-electron chi connectivity index (χ2n) is 11.3. The zero-order valence-electron chi connectivity index (χ0n) is 20.1. The molecule has 0 spiro atoms. The minimum absolute atomic E-state index is 0.0335. The third kappa shape index (κ3) is 3.43. The van der Waals surface area contributed by atoms with E-state index < -0.39 is 35.5 Å². The number of allylic oxidation sites excluding steroid dienone is 1. The van der Waals surface area contributed by atoms with Gasteiger partial charge < -0.3 is 14.9 Å². The highest BCUT2D eigenvalue weighted by atomic mass is 79.9. The fourth-order valence-corrected chi connectivity index (χ4v) is 9.38. The summed E-state index contributed by atoms with van der Waals surface area (Å²) in [5.74, 6) is -0.955. The molecule has 0 heterocycles. The first-order chi connectivity index (χ1) is 15.5. The lowest BCUT2D eigenvalue weighted by atomic mass is 9.45. The van der Waals surface area contributed by atoms with Crippen molar-refractivity contribution in [1.82, 2.24) is 0 Å². The molecule has 184 valence electrons. The number of fused-ring (bicyclic) bond motifs is 5. The van der Waals surface area contributed by atoms with Gasteiger partial charge in [0.15, 0.2) is 11.4 Å². The first kappa shape index (κ1) is 25.1. The highest BCUT2D eigenvalue weighted by Crippen LogP contribution is 2.70. The predicted molar refractivity (Wildman–Crippen MR) is 127 cm³/mol. The van der Waals surface area contributed by atoms with Gasteiger partial charge in [-0.15, -0.1) is 0 Å². The van der Waals surface area contributed by atoms with Crippen LogP contribution in [0.1, 0.15) is 72.6 Å². The number of halogens is 1. The van der Waals surface area contributed by atoms with Gasteiger partial charge in [-0.05, 0) is 61.3 Å². The maximum atomic E-state index is 13.4. The van der Waals surface area contributed by atoms with Gasteiger partial charge in [0.1, 0.15) is 6.61 Å². The van der Waals surface area contributed by atoms with Gasteiger partial charge in [-0.2, -0.15) is 0 Å². The first-order valence-corrected chi connectivity index (χ1v) is 13.3. The zero-order valence-corrected chi connectivity index (χ0v) is 21.7. The summed E-state index contributed by atoms with van der Waals surface area (Å²) in [5, 5.41) is 21.6. The van der Waals surface area contributed by atoms with Crippen LogP contribution in [0.15, 0.2) is 11.6 Å². The molecule has 0 aromatic carbocycles. The van der Waals surface area contributed by atoms with E-state index in [1.807, 2.05) is 20.8 Å². The number of alkyl halides is 1. The summed E-state index contributed by atoms with van der Waals surface area (Å²) in [4.78, 5) is 38.3. The van der Waals surface area contributed by atoms with Crippen molar-refractivity contribution >= 4 is 33.5 Å². The highest BCUT2D eigenvalue weighted by Gasteiger charge is 2.73. The molecule has 0 radical (unpaired) electrons. The van der Waals surface area contributed by atoms with Crippen molar-refractivity contribution in [3.05, 3.63) is 11.6 Å². The normalized spacial score (nSPS) is 46.6. The average molecular weight is 525 g/mol. The molecule has 0 aromatic heterocycles. The molecule has 6 nitrogen and oxygen atoms in total. The van der Waals surface area contributed by atoms with E-state index in [4.69, 9.17) is 4.74 Å². The molecule has 2 N–H and O–H groups in total. The van der Waals surface area contributed by atoms with Crippen molar-refractivity contribution in [3.8, 4) is 0 Å². The van der Waals surface area contributed by atoms with Crippen LogP contribution < -0.4 is 0 Å². The van der Waals surface area contributed by atoms with Crippen LogP contribution in [0.25, 0.3) is 0 Å². The van der Waals surface area contributed by atoms with Gasteiger partial charge in [0.2, 0.25) is 5.78 Å². The number of hydrogen-bond acceptors (Lipinski definition) is 6. The van der Waals surface area contributed by atoms with Gasteiger partial charge >= 0.3 is 5.97 Å². The van der Waals surface area contributed by atoms with Crippen molar-refractivity contribution in [2.24, 2.45) is 34.5 Å². The fourth-order valence-electron chi connectivity index (χ4n) is 8.34. The topological polar surface area (TPSA) is 101 Å². The minimum Gasteiger partial charge on any atom is -0.450 e. The van der Waals surface area contributed by atoms with Crippen LogP contribution in [-0.2, 0) is 19.1 Å². The molecule has 3 fully saturated rings. The molecule has 33 heavy (non-hydrogen) atoms. The Balaban J connectivity index is 1.81. The molecule has 4 aliphatic rings. The summed E-state index contributed by atoms with van der Waals surface area (Å²) in [6.07, 6.45) is 4.86. The molecule has 7 heteroatoms. The van der Waals surface area contributed by atoms with Gasteiger partial charge in [-0.3, -0.25) is 14.4 Å². The van der Waals surface area contributed by atoms with Crippen LogP contribution in [-0.4, -0.2) is 50.9 Å². The number of Topliss-reactive ketones (excluding diaryl/α,β-unsaturated/α-hetero) is 1. The predicted octanol–water partition coefficient (Wildman–Crippen LogP) is 3.75. The Morgan fingerprint density at radius 3 is 2.64 bits per heavy atom. The Hall–Kier alpha value is -1.05. The fraction of sp³-hybridized carbons (Fsp3) is 0.808. The number of hydrogen-bond donors (Lipinski definition) is 2. The van der Waals surface area contributed by atoms with Crippen molar-refractivity contribution in [2.45, 2.75) is 89.2 Å². The standard InChI is InChI=1S/C26H37BrO6/c1-5-6-21(32)33-26(20(31)13-28)14(2)9-17-22-18(27)11-15-10-16(29)7-8-24(15,3)23(22)19(30)12-25(17,26)4/h10,14,17-19,22-23,28,30H,5-9,11-13H2,1-4H3/t14-,17+,18-,19+,22-,23+,24+,25+,26-/m1/s1. The van der Waals surface area contributed by atoms with Crippen molar-refractivity contribution in [1.29, 1.82) is 0 Å². The number of ether oxygens (including phenoxy) is 1. The molecule has 0 bridgehead atoms. The van der Waals surface area contributed by atoms with Gasteiger partial charge in [-0.1, -0.05) is 49.2 Å². The third-order valence-corrected chi connectivity index (χ3v) is 10.6. The molecule has 0 aliphatic heterocycles. The van der Waals surface area contributed by atoms with Gasteiger partial charge in [0.05, 0.1) is 6.10 Å². The van der Waals surface area contributed by atoms with E-state index in [1.165, 1.54) is 0 Å². The lowest BCUT2D eigenvalue weighted by Crippen LogP contribution is -2.65. The molecule has 0 amide bonds. The SMILES string of the molecule is CCCC(=O)O[C@@]1(C(=O)CO)[C@H](C)C[C@H]2[C@H]3[C@H]([C@@H](O)C[C@@]21C)[C@@]1(C)CCC(=O)C=C1C[C@H]3Br. The van der Waals surface area contributed by atoms with Crippen LogP contribution in [0.4, 0.5) is 0 Å². The molecule has 9 atom stereocenters. The van der Waals surface area contributed by atoms with E-state index >= 15 is 0 Å². The van der Waals surface area contributed by atoms with Crippen LogP contribution >= 0.6 is 15.9 Å². The van der Waals surface area contributed by atoms with E-state index in [1.54, 1.807) is 6.08 Å². The van der Waals surface area contributed by atoms with Crippen molar-refractivity contribution < 1.29 is 29.3 Å². The molecule has 3 saturated carbocycles.